The van der Waals surface area contributed by atoms with Gasteiger partial charge in [-0.25, -0.2) is 0 Å². The quantitative estimate of drug-likeness (QED) is 0.159. The van der Waals surface area contributed by atoms with Crippen molar-refractivity contribution in [1.82, 2.24) is 16.0 Å². The number of esters is 1. The van der Waals surface area contributed by atoms with Gasteiger partial charge in [-0.2, -0.15) is 0 Å². The van der Waals surface area contributed by atoms with E-state index in [1.165, 1.54) is 41.7 Å². The molecule has 33 heavy (non-hydrogen) atoms. The van der Waals surface area contributed by atoms with Crippen LogP contribution in [0.15, 0.2) is 0 Å². The lowest BCUT2D eigenvalue weighted by Gasteiger charge is -2.22. The smallest absolute Gasteiger partial charge is 0.306 e. The third kappa shape index (κ3) is 15.5. The number of ether oxygens (including phenoxy) is 1. The summed E-state index contributed by atoms with van der Waals surface area (Å²) in [6, 6.07) is -2.17. The van der Waals surface area contributed by atoms with Crippen LogP contribution in [-0.4, -0.2) is 90.0 Å². The van der Waals surface area contributed by atoms with Crippen molar-refractivity contribution in [2.45, 2.75) is 65.3 Å². The number of Topliss-reactive ketones (excluding diaryl/α,β-unsaturated/α-hetero) is 2. The number of nitrogens with one attached hydrogen (secondary N) is 3. The molecule has 0 bridgehead atoms. The van der Waals surface area contributed by atoms with E-state index in [-0.39, 0.29) is 31.1 Å². The van der Waals surface area contributed by atoms with E-state index in [0.29, 0.717) is 0 Å². The lowest BCUT2D eigenvalue weighted by molar-refractivity contribution is -0.144. The molecule has 0 spiro atoms. The van der Waals surface area contributed by atoms with Crippen molar-refractivity contribution in [3.05, 3.63) is 0 Å². The molecular formula is C20H36N4O9. The molecule has 5 unspecified atom stereocenters. The molecule has 7 N–H and O–H groups in total. The second kappa shape index (κ2) is 16.7. The van der Waals surface area contributed by atoms with Crippen molar-refractivity contribution in [3.8, 4) is 0 Å². The summed E-state index contributed by atoms with van der Waals surface area (Å²) < 4.78 is 4.45. The monoisotopic (exact) mass is 476 g/mol. The number of ketones is 2. The van der Waals surface area contributed by atoms with Gasteiger partial charge in [0, 0.05) is 5.92 Å². The minimum Gasteiger partial charge on any atom is -0.469 e. The Morgan fingerprint density at radius 3 is 1.64 bits per heavy atom. The van der Waals surface area contributed by atoms with Gasteiger partial charge in [0.05, 0.1) is 38.8 Å². The Hall–Kier alpha value is -2.90. The van der Waals surface area contributed by atoms with Gasteiger partial charge in [0.15, 0.2) is 0 Å². The van der Waals surface area contributed by atoms with Gasteiger partial charge in [-0.1, -0.05) is 6.92 Å². The second-order valence-corrected chi connectivity index (χ2v) is 7.51. The standard InChI is InChI=1S/C13H22N2O6.C7H14N2O3/c1-7(5-10(18)21-4)12(19)15-11(9(3)17)13(20)14-6-8(2)16;1-4(10)3-9-7(12)6(8)5(2)11/h7,9,11,17H,5-6H2,1-4H3,(H,14,20)(H,15,19);5-6,11H,3,8H2,1-2H3,(H,9,12). The number of carbonyl (C=O) groups is 6. The summed E-state index contributed by atoms with van der Waals surface area (Å²) in [5.41, 5.74) is 5.27. The van der Waals surface area contributed by atoms with Crippen molar-refractivity contribution in [2.75, 3.05) is 20.2 Å². The van der Waals surface area contributed by atoms with E-state index >= 15 is 0 Å². The minimum absolute atomic E-state index is 0.0424. The number of carbonyl (C=O) groups excluding carboxylic acids is 6. The average Bonchev–Trinajstić information content (AvgIpc) is 2.72. The maximum Gasteiger partial charge on any atom is 0.306 e. The van der Waals surface area contributed by atoms with Gasteiger partial charge >= 0.3 is 5.97 Å². The third-order valence-corrected chi connectivity index (χ3v) is 4.06. The Balaban J connectivity index is 0. The van der Waals surface area contributed by atoms with Gasteiger partial charge < -0.3 is 36.6 Å². The first-order valence-electron chi connectivity index (χ1n) is 10.2. The molecule has 190 valence electrons. The molecule has 0 aromatic heterocycles. The fourth-order valence-corrected chi connectivity index (χ4v) is 2.00. The zero-order valence-corrected chi connectivity index (χ0v) is 19.8. The highest BCUT2D eigenvalue weighted by Crippen LogP contribution is 2.05. The molecule has 13 heteroatoms. The Morgan fingerprint density at radius 1 is 0.818 bits per heavy atom. The lowest BCUT2D eigenvalue weighted by Crippen LogP contribution is -2.54. The van der Waals surface area contributed by atoms with Gasteiger partial charge in [0.2, 0.25) is 17.7 Å². The zero-order chi connectivity index (χ0) is 26.3. The van der Waals surface area contributed by atoms with Crippen LogP contribution in [0, 0.1) is 5.92 Å². The molecule has 0 rings (SSSR count). The minimum atomic E-state index is -1.20. The molecule has 0 aliphatic rings. The first-order valence-corrected chi connectivity index (χ1v) is 10.2. The van der Waals surface area contributed by atoms with Crippen molar-refractivity contribution in [2.24, 2.45) is 11.7 Å². The van der Waals surface area contributed by atoms with Crippen LogP contribution in [0.2, 0.25) is 0 Å². The van der Waals surface area contributed by atoms with E-state index in [2.05, 4.69) is 20.7 Å². The first kappa shape index (κ1) is 32.3. The normalized spacial score (nSPS) is 14.7. The van der Waals surface area contributed by atoms with Crippen LogP contribution in [0.5, 0.6) is 0 Å². The number of rotatable bonds is 12. The number of amides is 3. The summed E-state index contributed by atoms with van der Waals surface area (Å²) in [5.74, 6) is -3.41. The highest BCUT2D eigenvalue weighted by Gasteiger charge is 2.28. The fraction of sp³-hybridized carbons (Fsp3) is 0.700. The Morgan fingerprint density at radius 2 is 1.27 bits per heavy atom. The highest BCUT2D eigenvalue weighted by atomic mass is 16.5. The fourth-order valence-electron chi connectivity index (χ4n) is 2.00. The van der Waals surface area contributed by atoms with Gasteiger partial charge in [-0.05, 0) is 27.7 Å². The van der Waals surface area contributed by atoms with E-state index in [4.69, 9.17) is 10.8 Å². The molecule has 0 aliphatic heterocycles. The molecule has 0 heterocycles. The van der Waals surface area contributed by atoms with Crippen LogP contribution in [0.1, 0.15) is 41.0 Å². The van der Waals surface area contributed by atoms with E-state index in [0.717, 1.165) is 0 Å². The van der Waals surface area contributed by atoms with Gasteiger partial charge in [0.25, 0.3) is 0 Å². The SMILES string of the molecule is CC(=O)CNC(=O)C(N)C(C)O.COC(=O)CC(C)C(=O)NC(C(=O)NCC(C)=O)C(C)O. The van der Waals surface area contributed by atoms with Crippen molar-refractivity contribution in [1.29, 1.82) is 0 Å². The molecule has 0 fully saturated rings. The largest absolute Gasteiger partial charge is 0.469 e. The van der Waals surface area contributed by atoms with Crippen LogP contribution in [0.4, 0.5) is 0 Å². The third-order valence-electron chi connectivity index (χ3n) is 4.06. The van der Waals surface area contributed by atoms with Crippen LogP contribution in [0.3, 0.4) is 0 Å². The predicted octanol–water partition coefficient (Wildman–Crippen LogP) is -2.84. The molecule has 13 nitrogen and oxygen atoms in total. The lowest BCUT2D eigenvalue weighted by atomic mass is 10.1. The molecule has 0 radical (unpaired) electrons. The van der Waals surface area contributed by atoms with Crippen molar-refractivity contribution >= 4 is 35.3 Å². The van der Waals surface area contributed by atoms with E-state index in [9.17, 15) is 33.9 Å². The van der Waals surface area contributed by atoms with Crippen molar-refractivity contribution < 1.29 is 43.7 Å². The van der Waals surface area contributed by atoms with Crippen molar-refractivity contribution in [3.63, 3.8) is 0 Å². The molecular weight excluding hydrogens is 440 g/mol. The van der Waals surface area contributed by atoms with Crippen LogP contribution >= 0.6 is 0 Å². The molecule has 0 aliphatic carbocycles. The number of nitrogens with two attached hydrogens (primary N) is 1. The molecule has 0 aromatic carbocycles. The first-order chi connectivity index (χ1) is 15.1. The van der Waals surface area contributed by atoms with Gasteiger partial charge in [-0.3, -0.25) is 28.8 Å². The Bertz CT molecular complexity index is 695. The summed E-state index contributed by atoms with van der Waals surface area (Å²) in [7, 11) is 1.21. The molecule has 0 saturated heterocycles. The molecule has 0 saturated carbocycles. The Kier molecular flexibility index (Phi) is 16.3. The number of hydrogen-bond acceptors (Lipinski definition) is 10. The molecule has 5 atom stereocenters. The number of aliphatic hydroxyl groups is 2. The van der Waals surface area contributed by atoms with Gasteiger partial charge in [-0.15, -0.1) is 0 Å². The average molecular weight is 477 g/mol. The molecule has 0 aromatic rings. The Labute approximate surface area is 192 Å². The molecule has 3 amide bonds. The summed E-state index contributed by atoms with van der Waals surface area (Å²) in [4.78, 5) is 66.9. The second-order valence-electron chi connectivity index (χ2n) is 7.51. The predicted molar refractivity (Wildman–Crippen MR) is 116 cm³/mol. The topological polar surface area (TPSA) is 214 Å². The van der Waals surface area contributed by atoms with Crippen LogP contribution in [-0.2, 0) is 33.5 Å². The summed E-state index contributed by atoms with van der Waals surface area (Å²) >= 11 is 0. The summed E-state index contributed by atoms with van der Waals surface area (Å²) in [6.07, 6.45) is -2.19. The number of aliphatic hydroxyl groups excluding tert-OH is 2. The zero-order valence-electron chi connectivity index (χ0n) is 19.8. The van der Waals surface area contributed by atoms with Crippen LogP contribution in [0.25, 0.3) is 0 Å². The summed E-state index contributed by atoms with van der Waals surface area (Å²) in [5, 5.41) is 25.4. The highest BCUT2D eigenvalue weighted by molar-refractivity contribution is 5.92. The maximum atomic E-state index is 11.9. The number of methoxy groups -OCH3 is 1. The van der Waals surface area contributed by atoms with E-state index < -0.39 is 53.9 Å². The summed E-state index contributed by atoms with van der Waals surface area (Å²) in [6.45, 7) is 6.68. The van der Waals surface area contributed by atoms with Crippen LogP contribution < -0.4 is 21.7 Å². The van der Waals surface area contributed by atoms with E-state index in [1.807, 2.05) is 0 Å². The number of hydrogen-bond donors (Lipinski definition) is 6. The van der Waals surface area contributed by atoms with E-state index in [1.54, 1.807) is 0 Å². The van der Waals surface area contributed by atoms with Gasteiger partial charge in [0.1, 0.15) is 23.7 Å². The maximum absolute atomic E-state index is 11.9.